The Morgan fingerprint density at radius 1 is 1.32 bits per heavy atom. The Hall–Kier alpha value is -3.19. The van der Waals surface area contributed by atoms with Gasteiger partial charge < -0.3 is 14.9 Å². The number of nitrogens with zero attached hydrogens (tertiary/aromatic N) is 4. The molecule has 10 heteroatoms. The first-order valence-corrected chi connectivity index (χ1v) is 9.41. The molecule has 1 aromatic carbocycles. The second kappa shape index (κ2) is 8.15. The van der Waals surface area contributed by atoms with Crippen LogP contribution in [0, 0.1) is 31.0 Å². The molecule has 1 amide bonds. The molecule has 1 fully saturated rings. The number of hydrogen-bond donors (Lipinski definition) is 1. The van der Waals surface area contributed by atoms with Gasteiger partial charge in [0.15, 0.2) is 0 Å². The molecule has 1 aliphatic rings. The highest BCUT2D eigenvalue weighted by Crippen LogP contribution is 2.38. The number of anilines is 2. The Labute approximate surface area is 176 Å². The fourth-order valence-electron chi connectivity index (χ4n) is 3.67. The molecule has 0 aliphatic carbocycles. The predicted molar refractivity (Wildman–Crippen MR) is 105 cm³/mol. The number of rotatable bonds is 3. The quantitative estimate of drug-likeness (QED) is 0.747. The second-order valence-electron chi connectivity index (χ2n) is 7.51. The summed E-state index contributed by atoms with van der Waals surface area (Å²) in [5.41, 5.74) is -1.12. The van der Waals surface area contributed by atoms with Gasteiger partial charge in [-0.05, 0) is 43.7 Å². The summed E-state index contributed by atoms with van der Waals surface area (Å²) in [4.78, 5) is 19.8. The number of pyridine rings is 1. The van der Waals surface area contributed by atoms with Gasteiger partial charge in [-0.15, -0.1) is 0 Å². The molecular formula is C21H20F4N4O2. The summed E-state index contributed by atoms with van der Waals surface area (Å²) in [5, 5.41) is 19.6. The zero-order valence-electron chi connectivity index (χ0n) is 17.0. The third-order valence-electron chi connectivity index (χ3n) is 5.24. The number of benzene rings is 1. The SMILES string of the molecule is Cc1cc(C(F)(F)F)c(C#N)c(N2C[C@@H](O)C[C@H]2C(=O)N(C)c2ccc(F)c(C)c2)n1. The number of nitriles is 1. The second-order valence-corrected chi connectivity index (χ2v) is 7.51. The first-order chi connectivity index (χ1) is 14.4. The third-order valence-corrected chi connectivity index (χ3v) is 5.24. The predicted octanol–water partition coefficient (Wildman–Crippen LogP) is 3.33. The summed E-state index contributed by atoms with van der Waals surface area (Å²) in [6.07, 6.45) is -5.83. The van der Waals surface area contributed by atoms with Crippen molar-refractivity contribution in [1.29, 1.82) is 5.26 Å². The van der Waals surface area contributed by atoms with E-state index in [-0.39, 0.29) is 24.5 Å². The van der Waals surface area contributed by atoms with E-state index >= 15 is 0 Å². The van der Waals surface area contributed by atoms with E-state index in [1.807, 2.05) is 0 Å². The fraction of sp³-hybridized carbons (Fsp3) is 0.381. The molecule has 1 N–H and O–H groups in total. The number of aromatic nitrogens is 1. The fourth-order valence-corrected chi connectivity index (χ4v) is 3.67. The van der Waals surface area contributed by atoms with E-state index in [4.69, 9.17) is 0 Å². The van der Waals surface area contributed by atoms with Gasteiger partial charge in [0.2, 0.25) is 5.91 Å². The number of hydrogen-bond acceptors (Lipinski definition) is 5. The molecule has 0 spiro atoms. The summed E-state index contributed by atoms with van der Waals surface area (Å²) in [6, 6.07) is 5.36. The number of aryl methyl sites for hydroxylation is 2. The maximum absolute atomic E-state index is 13.6. The van der Waals surface area contributed by atoms with E-state index in [1.165, 1.54) is 48.9 Å². The van der Waals surface area contributed by atoms with Gasteiger partial charge in [0, 0.05) is 31.4 Å². The maximum atomic E-state index is 13.6. The van der Waals surface area contributed by atoms with Gasteiger partial charge >= 0.3 is 6.18 Å². The van der Waals surface area contributed by atoms with Gasteiger partial charge in [-0.3, -0.25) is 4.79 Å². The van der Waals surface area contributed by atoms with E-state index in [1.54, 1.807) is 6.07 Å². The van der Waals surface area contributed by atoms with Crippen LogP contribution in [0.25, 0.3) is 0 Å². The molecule has 3 rings (SSSR count). The largest absolute Gasteiger partial charge is 0.417 e. The smallest absolute Gasteiger partial charge is 0.391 e. The first kappa shape index (κ1) is 22.5. The van der Waals surface area contributed by atoms with Crippen molar-refractivity contribution in [1.82, 2.24) is 4.98 Å². The molecule has 31 heavy (non-hydrogen) atoms. The third kappa shape index (κ3) is 4.32. The molecule has 2 heterocycles. The van der Waals surface area contributed by atoms with Crippen molar-refractivity contribution in [2.45, 2.75) is 38.6 Å². The molecule has 1 aliphatic heterocycles. The van der Waals surface area contributed by atoms with Gasteiger partial charge in [0.1, 0.15) is 29.3 Å². The minimum absolute atomic E-state index is 0.0245. The number of aliphatic hydroxyl groups is 1. The van der Waals surface area contributed by atoms with Gasteiger partial charge in [-0.2, -0.15) is 18.4 Å². The number of halogens is 4. The summed E-state index contributed by atoms with van der Waals surface area (Å²) in [5.74, 6) is -1.26. The van der Waals surface area contributed by atoms with E-state index in [9.17, 15) is 32.7 Å². The number of likely N-dealkylation sites (N-methyl/N-ethyl adjacent to an activating group) is 1. The van der Waals surface area contributed by atoms with Crippen molar-refractivity contribution in [3.63, 3.8) is 0 Å². The number of carbonyl (C=O) groups is 1. The maximum Gasteiger partial charge on any atom is 0.417 e. The number of amides is 1. The number of β-amino-alcohol motifs (C(OH)–C–C–N with tert-alkyl or cyclic N) is 1. The lowest BCUT2D eigenvalue weighted by Gasteiger charge is -2.30. The van der Waals surface area contributed by atoms with Crippen molar-refractivity contribution in [2.75, 3.05) is 23.4 Å². The van der Waals surface area contributed by atoms with E-state index in [0.717, 1.165) is 6.07 Å². The van der Waals surface area contributed by atoms with E-state index in [0.29, 0.717) is 11.3 Å². The number of carbonyl (C=O) groups excluding carboxylic acids is 1. The van der Waals surface area contributed by atoms with Crippen LogP contribution < -0.4 is 9.80 Å². The van der Waals surface area contributed by atoms with Gasteiger partial charge in [-0.1, -0.05) is 0 Å². The Kier molecular flexibility index (Phi) is 5.91. The molecule has 1 saturated heterocycles. The van der Waals surface area contributed by atoms with Crippen molar-refractivity contribution in [3.8, 4) is 6.07 Å². The van der Waals surface area contributed by atoms with Gasteiger partial charge in [0.25, 0.3) is 0 Å². The highest BCUT2D eigenvalue weighted by atomic mass is 19.4. The molecule has 2 atom stereocenters. The van der Waals surface area contributed by atoms with Crippen LogP contribution >= 0.6 is 0 Å². The lowest BCUT2D eigenvalue weighted by atomic mass is 10.1. The molecular weight excluding hydrogens is 416 g/mol. The Morgan fingerprint density at radius 3 is 2.58 bits per heavy atom. The van der Waals surface area contributed by atoms with Gasteiger partial charge in [-0.25, -0.2) is 9.37 Å². The topological polar surface area (TPSA) is 80.5 Å². The molecule has 0 saturated carbocycles. The minimum atomic E-state index is -4.78. The minimum Gasteiger partial charge on any atom is -0.391 e. The molecule has 0 unspecified atom stereocenters. The Balaban J connectivity index is 2.04. The summed E-state index contributed by atoms with van der Waals surface area (Å²) >= 11 is 0. The zero-order chi connectivity index (χ0) is 23.1. The molecule has 0 radical (unpaired) electrons. The van der Waals surface area contributed by atoms with E-state index in [2.05, 4.69) is 4.98 Å². The first-order valence-electron chi connectivity index (χ1n) is 9.41. The number of aliphatic hydroxyl groups excluding tert-OH is 1. The lowest BCUT2D eigenvalue weighted by Crippen LogP contribution is -2.45. The summed E-state index contributed by atoms with van der Waals surface area (Å²) in [6.45, 7) is 2.74. The van der Waals surface area contributed by atoms with Crippen molar-refractivity contribution < 1.29 is 27.5 Å². The Bertz CT molecular complexity index is 1060. The van der Waals surface area contributed by atoms with Crippen LogP contribution in [0.1, 0.15) is 28.8 Å². The van der Waals surface area contributed by atoms with Gasteiger partial charge in [0.05, 0.1) is 11.7 Å². The zero-order valence-corrected chi connectivity index (χ0v) is 17.0. The van der Waals surface area contributed by atoms with E-state index < -0.39 is 41.2 Å². The Morgan fingerprint density at radius 2 is 2.00 bits per heavy atom. The summed E-state index contributed by atoms with van der Waals surface area (Å²) < 4.78 is 54.0. The van der Waals surface area contributed by atoms with Crippen LogP contribution in [0.5, 0.6) is 0 Å². The standard InChI is InChI=1S/C21H20F4N4O2/c1-11-6-13(4-5-17(11)22)28(3)20(31)18-8-14(30)10-29(18)19-15(9-26)16(21(23,24)25)7-12(2)27-19/h4-7,14,18,30H,8,10H2,1-3H3/t14-,18-/m0/s1. The van der Waals surface area contributed by atoms with Crippen molar-refractivity contribution >= 4 is 17.4 Å². The van der Waals surface area contributed by atoms with Crippen LogP contribution in [0.4, 0.5) is 29.1 Å². The monoisotopic (exact) mass is 436 g/mol. The van der Waals surface area contributed by atoms with Crippen LogP contribution in [0.3, 0.4) is 0 Å². The average molecular weight is 436 g/mol. The lowest BCUT2D eigenvalue weighted by molar-refractivity contribution is -0.137. The molecule has 1 aromatic heterocycles. The molecule has 6 nitrogen and oxygen atoms in total. The van der Waals surface area contributed by atoms with Crippen molar-refractivity contribution in [3.05, 3.63) is 52.5 Å². The molecule has 164 valence electrons. The summed E-state index contributed by atoms with van der Waals surface area (Å²) in [7, 11) is 1.45. The average Bonchev–Trinajstić information content (AvgIpc) is 3.09. The van der Waals surface area contributed by atoms with Crippen molar-refractivity contribution in [2.24, 2.45) is 0 Å². The van der Waals surface area contributed by atoms with Crippen LogP contribution in [0.2, 0.25) is 0 Å². The molecule has 2 aromatic rings. The highest BCUT2D eigenvalue weighted by Gasteiger charge is 2.42. The van der Waals surface area contributed by atoms with Crippen LogP contribution in [0.15, 0.2) is 24.3 Å². The molecule has 0 bridgehead atoms. The van der Waals surface area contributed by atoms with Crippen LogP contribution in [-0.2, 0) is 11.0 Å². The normalized spacial score (nSPS) is 18.7. The number of alkyl halides is 3. The highest BCUT2D eigenvalue weighted by molar-refractivity contribution is 5.99. The van der Waals surface area contributed by atoms with Crippen LogP contribution in [-0.4, -0.2) is 41.7 Å².